The Balaban J connectivity index is 2.19. The van der Waals surface area contributed by atoms with Crippen LogP contribution in [-0.4, -0.2) is 17.0 Å². The molecule has 0 aromatic carbocycles. The van der Waals surface area contributed by atoms with Crippen LogP contribution in [0.25, 0.3) is 0 Å². The minimum Gasteiger partial charge on any atom is -0.368 e. The van der Waals surface area contributed by atoms with Crippen LogP contribution >= 0.6 is 27.3 Å². The van der Waals surface area contributed by atoms with E-state index in [1.54, 1.807) is 23.3 Å². The number of hydrogen-bond donors (Lipinski definition) is 1. The van der Waals surface area contributed by atoms with Gasteiger partial charge in [-0.2, -0.15) is 4.98 Å². The molecule has 2 rings (SSSR count). The molecule has 0 saturated heterocycles. The molecular weight excluding hydrogens is 307 g/mol. The van der Waals surface area contributed by atoms with E-state index in [9.17, 15) is 4.39 Å². The summed E-state index contributed by atoms with van der Waals surface area (Å²) in [5.41, 5.74) is 5.44. The Hall–Kier alpha value is -1.21. The average Bonchev–Trinajstić information content (AvgIpc) is 2.67. The number of rotatable bonds is 3. The van der Waals surface area contributed by atoms with Crippen molar-refractivity contribution in [2.24, 2.45) is 0 Å². The highest BCUT2D eigenvalue weighted by molar-refractivity contribution is 9.10. The van der Waals surface area contributed by atoms with E-state index in [0.29, 0.717) is 6.54 Å². The smallest absolute Gasteiger partial charge is 0.222 e. The van der Waals surface area contributed by atoms with E-state index in [4.69, 9.17) is 5.73 Å². The van der Waals surface area contributed by atoms with Gasteiger partial charge in [0.1, 0.15) is 0 Å². The number of hydrogen-bond acceptors (Lipinski definition) is 5. The lowest BCUT2D eigenvalue weighted by Crippen LogP contribution is -2.19. The average molecular weight is 317 g/mol. The maximum Gasteiger partial charge on any atom is 0.222 e. The summed E-state index contributed by atoms with van der Waals surface area (Å²) in [5.74, 6) is -0.194. The third-order valence-corrected chi connectivity index (χ3v) is 3.80. The van der Waals surface area contributed by atoms with Gasteiger partial charge in [-0.3, -0.25) is 0 Å². The quantitative estimate of drug-likeness (QED) is 0.945. The van der Waals surface area contributed by atoms with E-state index < -0.39 is 5.82 Å². The lowest BCUT2D eigenvalue weighted by Gasteiger charge is -2.17. The summed E-state index contributed by atoms with van der Waals surface area (Å²) in [7, 11) is 1.76. The number of nitrogens with zero attached hydrogens (tertiary/aromatic N) is 3. The molecule has 7 heteroatoms. The molecular formula is C10H10BrFN4S. The van der Waals surface area contributed by atoms with Crippen molar-refractivity contribution in [3.8, 4) is 0 Å². The molecule has 17 heavy (non-hydrogen) atoms. The molecule has 2 N–H and O–H groups in total. The Morgan fingerprint density at radius 3 is 3.00 bits per heavy atom. The highest BCUT2D eigenvalue weighted by atomic mass is 79.9. The number of anilines is 2. The normalized spacial score (nSPS) is 10.5. The fourth-order valence-electron chi connectivity index (χ4n) is 1.38. The first-order valence-electron chi connectivity index (χ1n) is 4.78. The molecule has 0 aliphatic carbocycles. The van der Waals surface area contributed by atoms with Crippen molar-refractivity contribution in [2.45, 2.75) is 6.54 Å². The van der Waals surface area contributed by atoms with Crippen LogP contribution in [0, 0.1) is 5.82 Å². The SMILES string of the molecule is CN(Cc1cc(Br)cs1)c1nc(N)ncc1F. The summed E-state index contributed by atoms with van der Waals surface area (Å²) in [6, 6.07) is 1.99. The molecule has 2 aromatic heterocycles. The van der Waals surface area contributed by atoms with Crippen molar-refractivity contribution in [1.29, 1.82) is 0 Å². The number of thiophene rings is 1. The maximum atomic E-state index is 13.5. The van der Waals surface area contributed by atoms with Gasteiger partial charge in [0.25, 0.3) is 0 Å². The molecule has 0 bridgehead atoms. The van der Waals surface area contributed by atoms with Crippen LogP contribution in [0.5, 0.6) is 0 Å². The molecule has 4 nitrogen and oxygen atoms in total. The summed E-state index contributed by atoms with van der Waals surface area (Å²) >= 11 is 4.97. The topological polar surface area (TPSA) is 55.0 Å². The molecule has 0 aliphatic rings. The lowest BCUT2D eigenvalue weighted by molar-refractivity contribution is 0.608. The van der Waals surface area contributed by atoms with Gasteiger partial charge in [-0.15, -0.1) is 11.3 Å². The molecule has 2 heterocycles. The van der Waals surface area contributed by atoms with Crippen molar-refractivity contribution in [3.05, 3.63) is 32.8 Å². The first-order chi connectivity index (χ1) is 8.06. The minimum atomic E-state index is -0.475. The van der Waals surface area contributed by atoms with Crippen LogP contribution in [0.3, 0.4) is 0 Å². The van der Waals surface area contributed by atoms with E-state index >= 15 is 0 Å². The molecule has 0 amide bonds. The maximum absolute atomic E-state index is 13.5. The van der Waals surface area contributed by atoms with Crippen molar-refractivity contribution in [3.63, 3.8) is 0 Å². The molecule has 0 fully saturated rings. The van der Waals surface area contributed by atoms with Crippen molar-refractivity contribution in [2.75, 3.05) is 17.7 Å². The fraction of sp³-hybridized carbons (Fsp3) is 0.200. The summed E-state index contributed by atoms with van der Waals surface area (Å²) in [6.45, 7) is 0.573. The molecule has 90 valence electrons. The molecule has 0 atom stereocenters. The van der Waals surface area contributed by atoms with E-state index in [0.717, 1.165) is 15.5 Å². The first-order valence-corrected chi connectivity index (χ1v) is 6.45. The Kier molecular flexibility index (Phi) is 3.58. The van der Waals surface area contributed by atoms with E-state index in [1.165, 1.54) is 0 Å². The second-order valence-corrected chi connectivity index (χ2v) is 5.40. The summed E-state index contributed by atoms with van der Waals surface area (Å²) in [6.07, 6.45) is 1.08. The van der Waals surface area contributed by atoms with E-state index in [2.05, 4.69) is 25.9 Å². The highest BCUT2D eigenvalue weighted by Crippen LogP contribution is 2.23. The van der Waals surface area contributed by atoms with Crippen molar-refractivity contribution in [1.82, 2.24) is 9.97 Å². The second-order valence-electron chi connectivity index (χ2n) is 3.49. The molecule has 0 spiro atoms. The molecule has 0 radical (unpaired) electrons. The van der Waals surface area contributed by atoms with Gasteiger partial charge in [0.15, 0.2) is 11.6 Å². The van der Waals surface area contributed by atoms with Crippen molar-refractivity contribution < 1.29 is 4.39 Å². The zero-order valence-corrected chi connectivity index (χ0v) is 11.4. The Bertz CT molecular complexity index is 531. The van der Waals surface area contributed by atoms with E-state index in [1.807, 2.05) is 11.4 Å². The largest absolute Gasteiger partial charge is 0.368 e. The predicted molar refractivity (Wildman–Crippen MR) is 70.5 cm³/mol. The third-order valence-electron chi connectivity index (χ3n) is 2.12. The summed E-state index contributed by atoms with van der Waals surface area (Å²) in [4.78, 5) is 10.3. The van der Waals surface area contributed by atoms with Gasteiger partial charge in [-0.25, -0.2) is 9.37 Å². The Morgan fingerprint density at radius 2 is 2.35 bits per heavy atom. The van der Waals surface area contributed by atoms with Gasteiger partial charge >= 0.3 is 0 Å². The third kappa shape index (κ3) is 2.92. The Labute approximate surface area is 110 Å². The number of nitrogen functional groups attached to an aromatic ring is 1. The van der Waals surface area contributed by atoms with Gasteiger partial charge in [-0.1, -0.05) is 0 Å². The van der Waals surface area contributed by atoms with Gasteiger partial charge in [0.2, 0.25) is 5.95 Å². The van der Waals surface area contributed by atoms with Crippen LogP contribution in [0.4, 0.5) is 16.2 Å². The monoisotopic (exact) mass is 316 g/mol. The van der Waals surface area contributed by atoms with Gasteiger partial charge in [0, 0.05) is 21.8 Å². The van der Waals surface area contributed by atoms with Gasteiger partial charge in [-0.05, 0) is 22.0 Å². The van der Waals surface area contributed by atoms with Crippen LogP contribution < -0.4 is 10.6 Å². The second kappa shape index (κ2) is 4.97. The molecule has 0 saturated carbocycles. The van der Waals surface area contributed by atoms with E-state index in [-0.39, 0.29) is 11.8 Å². The Morgan fingerprint density at radius 1 is 1.59 bits per heavy atom. The first kappa shape index (κ1) is 12.3. The predicted octanol–water partition coefficient (Wildman–Crippen LogP) is 2.66. The zero-order chi connectivity index (χ0) is 12.4. The fourth-order valence-corrected chi connectivity index (χ4v) is 2.89. The number of nitrogens with two attached hydrogens (primary N) is 1. The lowest BCUT2D eigenvalue weighted by atomic mass is 10.4. The molecule has 0 unspecified atom stereocenters. The molecule has 2 aromatic rings. The van der Waals surface area contributed by atoms with Gasteiger partial charge < -0.3 is 10.6 Å². The standard InChI is InChI=1S/C10H10BrFN4S/c1-16(4-7-2-6(11)5-17-7)9-8(12)3-14-10(13)15-9/h2-3,5H,4H2,1H3,(H2,13,14,15). The van der Waals surface area contributed by atoms with Crippen LogP contribution in [0.2, 0.25) is 0 Å². The van der Waals surface area contributed by atoms with Gasteiger partial charge in [0.05, 0.1) is 12.7 Å². The van der Waals surface area contributed by atoms with Crippen molar-refractivity contribution >= 4 is 39.0 Å². The van der Waals surface area contributed by atoms with Crippen LogP contribution in [0.1, 0.15) is 4.88 Å². The van der Waals surface area contributed by atoms with Crippen LogP contribution in [-0.2, 0) is 6.54 Å². The highest BCUT2D eigenvalue weighted by Gasteiger charge is 2.11. The number of halogens is 2. The minimum absolute atomic E-state index is 0.0700. The zero-order valence-electron chi connectivity index (χ0n) is 9.02. The number of aromatic nitrogens is 2. The summed E-state index contributed by atoms with van der Waals surface area (Å²) < 4.78 is 14.5. The molecule has 0 aliphatic heterocycles. The summed E-state index contributed by atoms with van der Waals surface area (Å²) in [5, 5.41) is 1.98. The van der Waals surface area contributed by atoms with Crippen LogP contribution in [0.15, 0.2) is 22.1 Å².